The molecule has 0 saturated heterocycles. The predicted molar refractivity (Wildman–Crippen MR) is 98.2 cm³/mol. The minimum Gasteiger partial charge on any atom is -0.494 e. The van der Waals surface area contributed by atoms with Crippen LogP contribution in [0.3, 0.4) is 0 Å². The molecule has 0 atom stereocenters. The van der Waals surface area contributed by atoms with E-state index < -0.39 is 0 Å². The van der Waals surface area contributed by atoms with Crippen molar-refractivity contribution < 1.29 is 14.3 Å². The molecule has 0 saturated carbocycles. The number of hydrogen-bond acceptors (Lipinski definition) is 4. The number of ether oxygens (including phenoxy) is 2. The molecule has 0 aromatic heterocycles. The largest absolute Gasteiger partial charge is 0.494 e. The number of nitrogens with one attached hydrogen (secondary N) is 1. The zero-order valence-corrected chi connectivity index (χ0v) is 14.5. The first-order valence-electron chi connectivity index (χ1n) is 7.65. The highest BCUT2D eigenvalue weighted by atomic mass is 35.5. The summed E-state index contributed by atoms with van der Waals surface area (Å²) in [5.74, 6) is 1.48. The number of rotatable bonds is 8. The second-order valence-electron chi connectivity index (χ2n) is 4.96. The van der Waals surface area contributed by atoms with E-state index in [1.807, 2.05) is 55.5 Å². The summed E-state index contributed by atoms with van der Waals surface area (Å²) in [7, 11) is 0. The van der Waals surface area contributed by atoms with Gasteiger partial charge in [0.1, 0.15) is 18.1 Å². The Morgan fingerprint density at radius 1 is 1.00 bits per heavy atom. The Labute approximate surface area is 148 Å². The van der Waals surface area contributed by atoms with E-state index in [0.29, 0.717) is 26.2 Å². The Hall–Kier alpha value is -2.24. The lowest BCUT2D eigenvalue weighted by atomic mass is 10.1. The fourth-order valence-corrected chi connectivity index (χ4v) is 2.07. The monoisotopic (exact) mass is 350 g/mol. The molecule has 0 radical (unpaired) electrons. The van der Waals surface area contributed by atoms with E-state index in [4.69, 9.17) is 15.2 Å². The molecule has 0 aliphatic carbocycles. The first-order valence-corrected chi connectivity index (χ1v) is 7.65. The lowest BCUT2D eigenvalue weighted by Gasteiger charge is -2.08. The summed E-state index contributed by atoms with van der Waals surface area (Å²) in [6, 6.07) is 14.8. The molecule has 0 bridgehead atoms. The van der Waals surface area contributed by atoms with E-state index in [-0.39, 0.29) is 18.3 Å². The molecule has 0 fully saturated rings. The molecule has 5 nitrogen and oxygen atoms in total. The molecule has 2 aromatic rings. The molecule has 24 heavy (non-hydrogen) atoms. The number of nitrogens with two attached hydrogens (primary N) is 1. The summed E-state index contributed by atoms with van der Waals surface area (Å²) in [6.45, 7) is 3.52. The molecule has 1 amide bonds. The molecule has 130 valence electrons. The van der Waals surface area contributed by atoms with Gasteiger partial charge in [0, 0.05) is 12.2 Å². The average molecular weight is 351 g/mol. The van der Waals surface area contributed by atoms with Crippen molar-refractivity contribution in [2.75, 3.05) is 25.1 Å². The molecule has 3 N–H and O–H groups in total. The first-order chi connectivity index (χ1) is 11.2. The van der Waals surface area contributed by atoms with Crippen molar-refractivity contribution in [1.29, 1.82) is 0 Å². The third-order valence-corrected chi connectivity index (χ3v) is 3.12. The molecular weight excluding hydrogens is 328 g/mol. The number of anilines is 1. The minimum absolute atomic E-state index is 0. The molecular formula is C18H23ClN2O3. The second kappa shape index (κ2) is 10.5. The van der Waals surface area contributed by atoms with E-state index in [1.165, 1.54) is 0 Å². The minimum atomic E-state index is -0.0650. The van der Waals surface area contributed by atoms with Gasteiger partial charge < -0.3 is 20.5 Å². The van der Waals surface area contributed by atoms with Crippen LogP contribution >= 0.6 is 12.4 Å². The lowest BCUT2D eigenvalue weighted by Crippen LogP contribution is -2.14. The van der Waals surface area contributed by atoms with Crippen LogP contribution in [-0.2, 0) is 11.2 Å². The highest BCUT2D eigenvalue weighted by Crippen LogP contribution is 2.16. The van der Waals surface area contributed by atoms with E-state index in [1.54, 1.807) is 0 Å². The van der Waals surface area contributed by atoms with Crippen molar-refractivity contribution in [3.63, 3.8) is 0 Å². The first kappa shape index (κ1) is 19.8. The fourth-order valence-electron chi connectivity index (χ4n) is 2.07. The molecule has 6 heteroatoms. The van der Waals surface area contributed by atoms with Crippen molar-refractivity contribution in [3.05, 3.63) is 54.1 Å². The molecule has 0 spiro atoms. The molecule has 0 heterocycles. The summed E-state index contributed by atoms with van der Waals surface area (Å²) in [4.78, 5) is 12.1. The number of amides is 1. The number of hydrogen-bond donors (Lipinski definition) is 2. The van der Waals surface area contributed by atoms with Gasteiger partial charge in [-0.2, -0.15) is 0 Å². The predicted octanol–water partition coefficient (Wildman–Crippen LogP) is 3.03. The Morgan fingerprint density at radius 2 is 1.58 bits per heavy atom. The summed E-state index contributed by atoms with van der Waals surface area (Å²) >= 11 is 0. The number of halogens is 1. The molecule has 2 aromatic carbocycles. The SMILES string of the molecule is CCOc1ccc(CC(=O)Nc2ccc(OCCN)cc2)cc1.Cl. The Bertz CT molecular complexity index is 615. The highest BCUT2D eigenvalue weighted by Gasteiger charge is 2.05. The van der Waals surface area contributed by atoms with Gasteiger partial charge >= 0.3 is 0 Å². The van der Waals surface area contributed by atoms with Crippen LogP contribution in [0.15, 0.2) is 48.5 Å². The summed E-state index contributed by atoms with van der Waals surface area (Å²) in [5.41, 5.74) is 7.06. The standard InChI is InChI=1S/C18H22N2O3.ClH/c1-2-22-16-7-3-14(4-8-16)13-18(21)20-15-5-9-17(10-6-15)23-12-11-19;/h3-10H,2,11-13,19H2,1H3,(H,20,21);1H. The van der Waals surface area contributed by atoms with Crippen LogP contribution in [-0.4, -0.2) is 25.7 Å². The molecule has 2 rings (SSSR count). The van der Waals surface area contributed by atoms with Crippen LogP contribution in [0.4, 0.5) is 5.69 Å². The van der Waals surface area contributed by atoms with Crippen LogP contribution < -0.4 is 20.5 Å². The van der Waals surface area contributed by atoms with Gasteiger partial charge in [-0.25, -0.2) is 0 Å². The topological polar surface area (TPSA) is 73.6 Å². The van der Waals surface area contributed by atoms with Gasteiger partial charge in [0.05, 0.1) is 13.0 Å². The van der Waals surface area contributed by atoms with Gasteiger partial charge in [-0.3, -0.25) is 4.79 Å². The average Bonchev–Trinajstić information content (AvgIpc) is 2.56. The van der Waals surface area contributed by atoms with Crippen molar-refractivity contribution in [3.8, 4) is 11.5 Å². The van der Waals surface area contributed by atoms with Crippen LogP contribution in [0.25, 0.3) is 0 Å². The van der Waals surface area contributed by atoms with E-state index in [2.05, 4.69) is 5.32 Å². The van der Waals surface area contributed by atoms with Crippen molar-refractivity contribution in [1.82, 2.24) is 0 Å². The number of carbonyl (C=O) groups excluding carboxylic acids is 1. The molecule has 0 aliphatic heterocycles. The maximum atomic E-state index is 12.1. The fraction of sp³-hybridized carbons (Fsp3) is 0.278. The quantitative estimate of drug-likeness (QED) is 0.767. The van der Waals surface area contributed by atoms with Gasteiger partial charge in [-0.15, -0.1) is 12.4 Å². The van der Waals surface area contributed by atoms with Gasteiger partial charge in [0.2, 0.25) is 5.91 Å². The molecule has 0 unspecified atom stereocenters. The number of benzene rings is 2. The Kier molecular flexibility index (Phi) is 8.68. The van der Waals surface area contributed by atoms with E-state index in [0.717, 1.165) is 22.7 Å². The third-order valence-electron chi connectivity index (χ3n) is 3.12. The third kappa shape index (κ3) is 6.48. The lowest BCUT2D eigenvalue weighted by molar-refractivity contribution is -0.115. The van der Waals surface area contributed by atoms with Crippen molar-refractivity contribution in [2.24, 2.45) is 5.73 Å². The van der Waals surface area contributed by atoms with Crippen molar-refractivity contribution in [2.45, 2.75) is 13.3 Å². The maximum absolute atomic E-state index is 12.1. The summed E-state index contributed by atoms with van der Waals surface area (Å²) in [6.07, 6.45) is 0.317. The summed E-state index contributed by atoms with van der Waals surface area (Å²) in [5, 5.41) is 2.86. The Balaban J connectivity index is 0.00000288. The van der Waals surface area contributed by atoms with Gasteiger partial charge in [0.25, 0.3) is 0 Å². The van der Waals surface area contributed by atoms with Crippen LogP contribution in [0, 0.1) is 0 Å². The van der Waals surface area contributed by atoms with Crippen molar-refractivity contribution >= 4 is 24.0 Å². The second-order valence-corrected chi connectivity index (χ2v) is 4.96. The zero-order valence-electron chi connectivity index (χ0n) is 13.7. The highest BCUT2D eigenvalue weighted by molar-refractivity contribution is 5.92. The Morgan fingerprint density at radius 3 is 2.17 bits per heavy atom. The number of carbonyl (C=O) groups is 1. The van der Waals surface area contributed by atoms with Gasteiger partial charge in [0.15, 0.2) is 0 Å². The van der Waals surface area contributed by atoms with Crippen LogP contribution in [0.2, 0.25) is 0 Å². The molecule has 0 aliphatic rings. The van der Waals surface area contributed by atoms with Gasteiger partial charge in [-0.1, -0.05) is 12.1 Å². The normalized spacial score (nSPS) is 9.75. The van der Waals surface area contributed by atoms with E-state index in [9.17, 15) is 4.79 Å². The maximum Gasteiger partial charge on any atom is 0.228 e. The smallest absolute Gasteiger partial charge is 0.228 e. The summed E-state index contributed by atoms with van der Waals surface area (Å²) < 4.78 is 10.8. The van der Waals surface area contributed by atoms with Crippen LogP contribution in [0.1, 0.15) is 12.5 Å². The van der Waals surface area contributed by atoms with E-state index >= 15 is 0 Å². The zero-order chi connectivity index (χ0) is 16.5. The van der Waals surface area contributed by atoms with Gasteiger partial charge in [-0.05, 0) is 48.9 Å². The van der Waals surface area contributed by atoms with Crippen LogP contribution in [0.5, 0.6) is 11.5 Å².